The van der Waals surface area contributed by atoms with Gasteiger partial charge in [0.15, 0.2) is 0 Å². The average Bonchev–Trinajstić information content (AvgIpc) is 2.72. The van der Waals surface area contributed by atoms with Gasteiger partial charge < -0.3 is 9.47 Å². The Balaban J connectivity index is 1.59. The first-order valence-electron chi connectivity index (χ1n) is 9.75. The fourth-order valence-corrected chi connectivity index (χ4v) is 4.42. The smallest absolute Gasteiger partial charge is 0.338 e. The molecule has 0 aliphatic heterocycles. The number of fused-ring (bicyclic) bond motifs is 2. The van der Waals surface area contributed by atoms with Crippen molar-refractivity contribution in [2.75, 3.05) is 0 Å². The molecule has 1 saturated carbocycles. The summed E-state index contributed by atoms with van der Waals surface area (Å²) < 4.78 is 11.8. The van der Waals surface area contributed by atoms with Crippen LogP contribution >= 0.6 is 0 Å². The second kappa shape index (κ2) is 7.63. The van der Waals surface area contributed by atoms with Gasteiger partial charge in [-0.3, -0.25) is 0 Å². The zero-order chi connectivity index (χ0) is 19.7. The second-order valence-corrected chi connectivity index (χ2v) is 7.78. The molecule has 3 aliphatic carbocycles. The van der Waals surface area contributed by atoms with E-state index in [2.05, 4.69) is 19.9 Å². The maximum atomic E-state index is 12.7. The van der Waals surface area contributed by atoms with E-state index in [0.717, 1.165) is 6.42 Å². The molecular formula is C24H24O4. The van der Waals surface area contributed by atoms with Crippen LogP contribution in [0.3, 0.4) is 0 Å². The lowest BCUT2D eigenvalue weighted by Gasteiger charge is -2.48. The molecule has 28 heavy (non-hydrogen) atoms. The summed E-state index contributed by atoms with van der Waals surface area (Å²) in [6.07, 6.45) is 2.18. The van der Waals surface area contributed by atoms with Crippen LogP contribution in [0.25, 0.3) is 0 Å². The van der Waals surface area contributed by atoms with Gasteiger partial charge in [-0.05, 0) is 43.5 Å². The molecule has 4 nitrogen and oxygen atoms in total. The summed E-state index contributed by atoms with van der Waals surface area (Å²) in [6, 6.07) is 17.9. The van der Waals surface area contributed by atoms with E-state index in [4.69, 9.17) is 9.47 Å². The Morgan fingerprint density at radius 3 is 1.86 bits per heavy atom. The molecule has 0 saturated heterocycles. The Morgan fingerprint density at radius 1 is 0.821 bits per heavy atom. The van der Waals surface area contributed by atoms with E-state index in [1.807, 2.05) is 36.4 Å². The molecule has 0 aromatic heterocycles. The Morgan fingerprint density at radius 2 is 1.32 bits per heavy atom. The molecule has 5 rings (SSSR count). The number of esters is 2. The van der Waals surface area contributed by atoms with Crippen molar-refractivity contribution in [3.05, 3.63) is 83.4 Å². The maximum Gasteiger partial charge on any atom is 0.338 e. The van der Waals surface area contributed by atoms with Crippen molar-refractivity contribution in [3.8, 4) is 0 Å². The van der Waals surface area contributed by atoms with Crippen LogP contribution in [0.1, 0.15) is 41.0 Å². The van der Waals surface area contributed by atoms with E-state index >= 15 is 0 Å². The normalized spacial score (nSPS) is 28.4. The summed E-state index contributed by atoms with van der Waals surface area (Å²) in [5.41, 5.74) is 2.22. The summed E-state index contributed by atoms with van der Waals surface area (Å²) in [6.45, 7) is 4.24. The molecule has 144 valence electrons. The minimum absolute atomic E-state index is 0.0474. The van der Waals surface area contributed by atoms with Crippen molar-refractivity contribution in [1.82, 2.24) is 0 Å². The maximum absolute atomic E-state index is 12.7. The molecule has 1 fully saturated rings. The molecule has 0 heterocycles. The van der Waals surface area contributed by atoms with Crippen molar-refractivity contribution < 1.29 is 19.1 Å². The number of carbonyl (C=O) groups is 2. The van der Waals surface area contributed by atoms with Crippen LogP contribution in [0.5, 0.6) is 0 Å². The zero-order valence-electron chi connectivity index (χ0n) is 16.1. The molecule has 3 aliphatic rings. The molecule has 4 heteroatoms. The highest BCUT2D eigenvalue weighted by Gasteiger charge is 2.50. The van der Waals surface area contributed by atoms with Gasteiger partial charge in [-0.25, -0.2) is 9.59 Å². The van der Waals surface area contributed by atoms with Gasteiger partial charge in [-0.1, -0.05) is 55.0 Å². The Labute approximate surface area is 165 Å². The van der Waals surface area contributed by atoms with Crippen LogP contribution in [-0.4, -0.2) is 24.1 Å². The second-order valence-electron chi connectivity index (χ2n) is 7.78. The quantitative estimate of drug-likeness (QED) is 0.575. The molecular weight excluding hydrogens is 352 g/mol. The van der Waals surface area contributed by atoms with Crippen molar-refractivity contribution >= 4 is 11.9 Å². The predicted octanol–water partition coefficient (Wildman–Crippen LogP) is 4.67. The summed E-state index contributed by atoms with van der Waals surface area (Å²) in [4.78, 5) is 25.4. The molecule has 5 unspecified atom stereocenters. The first kappa shape index (κ1) is 18.5. The van der Waals surface area contributed by atoms with Crippen LogP contribution in [0.15, 0.2) is 72.3 Å². The fourth-order valence-electron chi connectivity index (χ4n) is 4.42. The third kappa shape index (κ3) is 3.47. The van der Waals surface area contributed by atoms with E-state index in [0.29, 0.717) is 17.0 Å². The molecule has 0 amide bonds. The van der Waals surface area contributed by atoms with E-state index in [1.54, 1.807) is 24.3 Å². The monoisotopic (exact) mass is 376 g/mol. The lowest BCUT2D eigenvalue weighted by atomic mass is 9.63. The predicted molar refractivity (Wildman–Crippen MR) is 106 cm³/mol. The van der Waals surface area contributed by atoms with E-state index < -0.39 is 12.2 Å². The molecule has 5 atom stereocenters. The number of hydrogen-bond donors (Lipinski definition) is 0. The number of rotatable bonds is 4. The van der Waals surface area contributed by atoms with Gasteiger partial charge >= 0.3 is 11.9 Å². The van der Waals surface area contributed by atoms with Crippen LogP contribution in [0.2, 0.25) is 0 Å². The van der Waals surface area contributed by atoms with Crippen molar-refractivity contribution in [3.63, 3.8) is 0 Å². The molecule has 0 N–H and O–H groups in total. The molecule has 0 radical (unpaired) electrons. The van der Waals surface area contributed by atoms with Crippen LogP contribution in [0.4, 0.5) is 0 Å². The molecule has 2 aromatic rings. The van der Waals surface area contributed by atoms with E-state index in [-0.39, 0.29) is 23.8 Å². The first-order valence-corrected chi connectivity index (χ1v) is 9.75. The third-order valence-electron chi connectivity index (χ3n) is 5.93. The SMILES string of the molecule is CC1=CC2C(C)CC1C(OC(=O)c1ccccc1)C2OC(=O)c1ccccc1. The number of ether oxygens (including phenoxy) is 2. The third-order valence-corrected chi connectivity index (χ3v) is 5.93. The van der Waals surface area contributed by atoms with Crippen molar-refractivity contribution in [2.45, 2.75) is 32.5 Å². The van der Waals surface area contributed by atoms with Crippen LogP contribution in [-0.2, 0) is 9.47 Å². The first-order chi connectivity index (χ1) is 13.5. The highest BCUT2D eigenvalue weighted by Crippen LogP contribution is 2.47. The number of carbonyl (C=O) groups excluding carboxylic acids is 2. The fraction of sp³-hybridized carbons (Fsp3) is 0.333. The standard InChI is InChI=1S/C24H24O4/c1-15-13-20-16(2)14-19(15)21(27-23(25)17-9-5-3-6-10-17)22(20)28-24(26)18-11-7-4-8-12-18/h3-13,16,19-22H,14H2,1-2H3. The van der Waals surface area contributed by atoms with Crippen LogP contribution < -0.4 is 0 Å². The highest BCUT2D eigenvalue weighted by molar-refractivity contribution is 5.90. The summed E-state index contributed by atoms with van der Waals surface area (Å²) in [7, 11) is 0. The minimum Gasteiger partial charge on any atom is -0.454 e. The Kier molecular flexibility index (Phi) is 5.03. The van der Waals surface area contributed by atoms with E-state index in [9.17, 15) is 9.59 Å². The summed E-state index contributed by atoms with van der Waals surface area (Å²) in [5, 5.41) is 0. The van der Waals surface area contributed by atoms with Gasteiger partial charge in [0.1, 0.15) is 12.2 Å². The van der Waals surface area contributed by atoms with Gasteiger partial charge in [-0.15, -0.1) is 0 Å². The van der Waals surface area contributed by atoms with Crippen LogP contribution in [0, 0.1) is 17.8 Å². The molecule has 0 spiro atoms. The van der Waals surface area contributed by atoms with Gasteiger partial charge in [0, 0.05) is 11.8 Å². The average molecular weight is 376 g/mol. The minimum atomic E-state index is -0.474. The van der Waals surface area contributed by atoms with Crippen molar-refractivity contribution in [2.24, 2.45) is 17.8 Å². The van der Waals surface area contributed by atoms with Gasteiger partial charge in [0.2, 0.25) is 0 Å². The lowest BCUT2D eigenvalue weighted by Crippen LogP contribution is -2.54. The largest absolute Gasteiger partial charge is 0.454 e. The topological polar surface area (TPSA) is 52.6 Å². The zero-order valence-corrected chi connectivity index (χ0v) is 16.1. The van der Waals surface area contributed by atoms with Crippen molar-refractivity contribution in [1.29, 1.82) is 0 Å². The summed E-state index contributed by atoms with van der Waals surface area (Å²) in [5.74, 6) is -0.266. The molecule has 2 bridgehead atoms. The Hall–Kier alpha value is -2.88. The highest BCUT2D eigenvalue weighted by atomic mass is 16.6. The van der Waals surface area contributed by atoms with Gasteiger partial charge in [0.05, 0.1) is 11.1 Å². The Bertz CT molecular complexity index is 887. The van der Waals surface area contributed by atoms with E-state index in [1.165, 1.54) is 5.57 Å². The number of benzene rings is 2. The van der Waals surface area contributed by atoms with Gasteiger partial charge in [-0.2, -0.15) is 0 Å². The van der Waals surface area contributed by atoms with Gasteiger partial charge in [0.25, 0.3) is 0 Å². The molecule has 2 aromatic carbocycles. The number of hydrogen-bond acceptors (Lipinski definition) is 4. The summed E-state index contributed by atoms with van der Waals surface area (Å²) >= 11 is 0. The lowest BCUT2D eigenvalue weighted by molar-refractivity contribution is -0.102.